The fourth-order valence-electron chi connectivity index (χ4n) is 4.89. The molecule has 0 saturated heterocycles. The van der Waals surface area contributed by atoms with E-state index in [2.05, 4.69) is 48.7 Å². The minimum atomic E-state index is -0.571. The molecule has 46 heavy (non-hydrogen) atoms. The van der Waals surface area contributed by atoms with Crippen molar-refractivity contribution in [2.75, 3.05) is 26.3 Å². The zero-order chi connectivity index (χ0) is 32.6. The van der Waals surface area contributed by atoms with Gasteiger partial charge in [-0.25, -0.2) is 0 Å². The standard InChI is InChI=1S/C37H48N2O5S2/c1-27(38-23-30(41)25-43-32-9-5-3-6-10-32)13-15-34-17-19-36(45-34)21-29(40)22-37-20-18-35(46-37)16-14-28(2)39-24-31(42)26-44-33-11-7-4-8-12-33/h3-12,17-20,27-28,30-31,38-39,41-42H,13-16,21-26H2,1-2H3. The number of aliphatic hydroxyl groups is 2. The number of ether oxygens (including phenoxy) is 2. The Bertz CT molecular complexity index is 1310. The van der Waals surface area contributed by atoms with Crippen LogP contribution in [0.15, 0.2) is 84.9 Å². The molecule has 9 heteroatoms. The van der Waals surface area contributed by atoms with Crippen LogP contribution in [0.2, 0.25) is 0 Å². The summed E-state index contributed by atoms with van der Waals surface area (Å²) in [5, 5.41) is 27.3. The van der Waals surface area contributed by atoms with Crippen molar-refractivity contribution in [1.29, 1.82) is 0 Å². The van der Waals surface area contributed by atoms with Crippen molar-refractivity contribution in [3.8, 4) is 11.5 Å². The van der Waals surface area contributed by atoms with Gasteiger partial charge >= 0.3 is 0 Å². The topological polar surface area (TPSA) is 100 Å². The normalized spacial score (nSPS) is 14.0. The molecule has 0 bridgehead atoms. The van der Waals surface area contributed by atoms with Crippen molar-refractivity contribution >= 4 is 28.5 Å². The van der Waals surface area contributed by atoms with E-state index < -0.39 is 12.2 Å². The molecule has 4 unspecified atom stereocenters. The van der Waals surface area contributed by atoms with Gasteiger partial charge in [-0.1, -0.05) is 36.4 Å². The van der Waals surface area contributed by atoms with Crippen molar-refractivity contribution in [1.82, 2.24) is 10.6 Å². The second-order valence-corrected chi connectivity index (χ2v) is 14.4. The minimum Gasteiger partial charge on any atom is -0.491 e. The van der Waals surface area contributed by atoms with Crippen LogP contribution < -0.4 is 20.1 Å². The summed E-state index contributed by atoms with van der Waals surface area (Å²) in [4.78, 5) is 17.6. The first-order valence-corrected chi connectivity index (χ1v) is 17.8. The second kappa shape index (κ2) is 19.6. The maximum Gasteiger partial charge on any atom is 0.143 e. The van der Waals surface area contributed by atoms with Crippen LogP contribution >= 0.6 is 22.7 Å². The molecule has 4 N–H and O–H groups in total. The molecule has 2 aromatic carbocycles. The Morgan fingerprint density at radius 3 is 1.43 bits per heavy atom. The Morgan fingerprint density at radius 1 is 0.630 bits per heavy atom. The van der Waals surface area contributed by atoms with Gasteiger partial charge in [0.1, 0.15) is 42.7 Å². The van der Waals surface area contributed by atoms with E-state index in [4.69, 9.17) is 9.47 Å². The first-order valence-electron chi connectivity index (χ1n) is 16.2. The number of Topliss-reactive ketones (excluding diaryl/α,β-unsaturated/α-hetero) is 1. The SMILES string of the molecule is CC(CCc1ccc(CC(=O)Cc2ccc(CCC(C)NCC(O)COc3ccccc3)s2)s1)NCC(O)COc1ccccc1. The van der Waals surface area contributed by atoms with Crippen LogP contribution in [0.25, 0.3) is 0 Å². The van der Waals surface area contributed by atoms with Gasteiger partial charge in [0, 0.05) is 57.5 Å². The van der Waals surface area contributed by atoms with Crippen molar-refractivity contribution in [2.24, 2.45) is 0 Å². The number of ketones is 1. The Balaban J connectivity index is 1.07. The van der Waals surface area contributed by atoms with Gasteiger partial charge in [0.15, 0.2) is 0 Å². The van der Waals surface area contributed by atoms with Gasteiger partial charge in [0.05, 0.1) is 0 Å². The molecular weight excluding hydrogens is 617 g/mol. The predicted molar refractivity (Wildman–Crippen MR) is 189 cm³/mol. The molecule has 0 spiro atoms. The van der Waals surface area contributed by atoms with Crippen LogP contribution in [0.3, 0.4) is 0 Å². The van der Waals surface area contributed by atoms with Crippen LogP contribution in [0.5, 0.6) is 11.5 Å². The quantitative estimate of drug-likeness (QED) is 0.0835. The number of hydrogen-bond acceptors (Lipinski definition) is 9. The Labute approximate surface area is 281 Å². The third-order valence-corrected chi connectivity index (χ3v) is 9.89. The molecule has 4 atom stereocenters. The van der Waals surface area contributed by atoms with Crippen molar-refractivity contribution in [3.05, 3.63) is 104 Å². The lowest BCUT2D eigenvalue weighted by molar-refractivity contribution is -0.117. The molecule has 4 aromatic rings. The van der Waals surface area contributed by atoms with E-state index in [1.54, 1.807) is 22.7 Å². The van der Waals surface area contributed by atoms with E-state index in [9.17, 15) is 15.0 Å². The van der Waals surface area contributed by atoms with Crippen LogP contribution in [-0.4, -0.2) is 66.6 Å². The first-order chi connectivity index (χ1) is 22.3. The lowest BCUT2D eigenvalue weighted by atomic mass is 10.1. The van der Waals surface area contributed by atoms with Gasteiger partial charge in [-0.05, 0) is 88.1 Å². The lowest BCUT2D eigenvalue weighted by Crippen LogP contribution is -2.36. The Kier molecular flexibility index (Phi) is 15.2. The zero-order valence-corrected chi connectivity index (χ0v) is 28.5. The van der Waals surface area contributed by atoms with E-state index in [0.717, 1.165) is 46.9 Å². The molecular formula is C37H48N2O5S2. The number of rotatable bonds is 22. The first kappa shape index (κ1) is 35.8. The summed E-state index contributed by atoms with van der Waals surface area (Å²) in [6.07, 6.45) is 3.58. The van der Waals surface area contributed by atoms with Crippen molar-refractivity contribution in [3.63, 3.8) is 0 Å². The van der Waals surface area contributed by atoms with Crippen LogP contribution in [-0.2, 0) is 30.5 Å². The number of aryl methyl sites for hydroxylation is 2. The molecule has 0 saturated carbocycles. The molecule has 0 aliphatic heterocycles. The van der Waals surface area contributed by atoms with Crippen LogP contribution in [0.4, 0.5) is 0 Å². The fraction of sp³-hybridized carbons (Fsp3) is 0.432. The molecule has 4 rings (SSSR count). The number of thiophene rings is 2. The average Bonchev–Trinajstić information content (AvgIpc) is 3.72. The van der Waals surface area contributed by atoms with Crippen LogP contribution in [0.1, 0.15) is 46.2 Å². The number of para-hydroxylation sites is 2. The molecule has 0 aliphatic carbocycles. The smallest absolute Gasteiger partial charge is 0.143 e. The van der Waals surface area contributed by atoms with Gasteiger partial charge in [0.2, 0.25) is 0 Å². The van der Waals surface area contributed by atoms with Gasteiger partial charge in [0.25, 0.3) is 0 Å². The highest BCUT2D eigenvalue weighted by atomic mass is 32.1. The lowest BCUT2D eigenvalue weighted by Gasteiger charge is -2.17. The number of carbonyl (C=O) groups is 1. The summed E-state index contributed by atoms with van der Waals surface area (Å²) >= 11 is 3.44. The summed E-state index contributed by atoms with van der Waals surface area (Å²) in [6, 6.07) is 28.0. The average molecular weight is 665 g/mol. The molecule has 248 valence electrons. The van der Waals surface area contributed by atoms with Gasteiger partial charge in [-0.2, -0.15) is 0 Å². The number of hydrogen-bond donors (Lipinski definition) is 4. The number of aliphatic hydroxyl groups excluding tert-OH is 2. The van der Waals surface area contributed by atoms with Crippen LogP contribution in [0, 0.1) is 0 Å². The monoisotopic (exact) mass is 664 g/mol. The molecule has 2 heterocycles. The maximum absolute atomic E-state index is 12.8. The van der Waals surface area contributed by atoms with E-state index in [0.29, 0.717) is 25.9 Å². The Morgan fingerprint density at radius 2 is 1.02 bits per heavy atom. The maximum atomic E-state index is 12.8. The van der Waals surface area contributed by atoms with E-state index in [-0.39, 0.29) is 31.1 Å². The fourth-order valence-corrected chi connectivity index (χ4v) is 7.01. The van der Waals surface area contributed by atoms with E-state index in [1.807, 2.05) is 60.7 Å². The van der Waals surface area contributed by atoms with Crippen molar-refractivity contribution in [2.45, 2.75) is 76.7 Å². The highest BCUT2D eigenvalue weighted by Gasteiger charge is 2.13. The second-order valence-electron chi connectivity index (χ2n) is 11.9. The van der Waals surface area contributed by atoms with Gasteiger partial charge in [-0.15, -0.1) is 22.7 Å². The summed E-state index contributed by atoms with van der Waals surface area (Å²) in [7, 11) is 0. The third-order valence-electron chi connectivity index (χ3n) is 7.60. The largest absolute Gasteiger partial charge is 0.491 e. The third kappa shape index (κ3) is 13.7. The number of nitrogens with one attached hydrogen (secondary N) is 2. The molecule has 7 nitrogen and oxygen atoms in total. The van der Waals surface area contributed by atoms with Crippen molar-refractivity contribution < 1.29 is 24.5 Å². The molecule has 0 radical (unpaired) electrons. The predicted octanol–water partition coefficient (Wildman–Crippen LogP) is 5.87. The molecule has 0 fully saturated rings. The zero-order valence-electron chi connectivity index (χ0n) is 26.9. The highest BCUT2D eigenvalue weighted by molar-refractivity contribution is 7.12. The minimum absolute atomic E-state index is 0.241. The van der Waals surface area contributed by atoms with Gasteiger partial charge in [-0.3, -0.25) is 4.79 Å². The molecule has 0 aliphatic rings. The Hall–Kier alpha value is -3.05. The van der Waals surface area contributed by atoms with E-state index in [1.165, 1.54) is 9.75 Å². The molecule has 2 aromatic heterocycles. The highest BCUT2D eigenvalue weighted by Crippen LogP contribution is 2.23. The van der Waals surface area contributed by atoms with Gasteiger partial charge < -0.3 is 30.3 Å². The number of carbonyl (C=O) groups excluding carboxylic acids is 1. The molecule has 0 amide bonds. The summed E-state index contributed by atoms with van der Waals surface area (Å²) in [6.45, 7) is 5.73. The number of benzene rings is 2. The summed E-state index contributed by atoms with van der Waals surface area (Å²) in [5.74, 6) is 1.76. The van der Waals surface area contributed by atoms with E-state index >= 15 is 0 Å². The summed E-state index contributed by atoms with van der Waals surface area (Å²) in [5.41, 5.74) is 0. The summed E-state index contributed by atoms with van der Waals surface area (Å²) < 4.78 is 11.3.